The maximum Gasteiger partial charge on any atom is 0.345 e. The number of carbonyl (C=O) groups excluding carboxylic acids is 1. The van der Waals surface area contributed by atoms with Gasteiger partial charge in [0.15, 0.2) is 5.40 Å². The molecule has 0 fully saturated rings. The van der Waals surface area contributed by atoms with Gasteiger partial charge in [-0.3, -0.25) is 13.9 Å². The van der Waals surface area contributed by atoms with Crippen LogP contribution < -0.4 is 0 Å². The summed E-state index contributed by atoms with van der Waals surface area (Å²) in [6.07, 6.45) is 2.51. The zero-order chi connectivity index (χ0) is 20.8. The number of carbonyl (C=O) groups is 1. The van der Waals surface area contributed by atoms with E-state index in [0.717, 1.165) is 0 Å². The van der Waals surface area contributed by atoms with Crippen molar-refractivity contribution in [1.82, 2.24) is 0 Å². The molecule has 0 aromatic heterocycles. The summed E-state index contributed by atoms with van der Waals surface area (Å²) in [4.78, 5) is 11.4. The van der Waals surface area contributed by atoms with Crippen molar-refractivity contribution < 1.29 is 36.8 Å². The molecule has 162 valence electrons. The Labute approximate surface area is 163 Å². The Hall–Kier alpha value is -0.230. The van der Waals surface area contributed by atoms with Gasteiger partial charge < -0.3 is 22.8 Å². The molecule has 0 saturated heterocycles. The van der Waals surface area contributed by atoms with Gasteiger partial charge in [-0.25, -0.2) is 0 Å². The van der Waals surface area contributed by atoms with Gasteiger partial charge >= 0.3 is 21.2 Å². The normalized spacial score (nSPS) is 12.5. The molecule has 0 aromatic rings. The quantitative estimate of drug-likeness (QED) is 0.173. The van der Waals surface area contributed by atoms with Crippen LogP contribution >= 0.6 is 15.2 Å². The van der Waals surface area contributed by atoms with Crippen molar-refractivity contribution in [2.75, 3.05) is 33.0 Å². The SMILES string of the molecule is CCOC(=O)CCCCCC(P(=O)(OCC)OCC)P(=O)(OCC)OCC. The Kier molecular flexibility index (Phi) is 14.6. The van der Waals surface area contributed by atoms with E-state index in [2.05, 4.69) is 0 Å². The summed E-state index contributed by atoms with van der Waals surface area (Å²) < 4.78 is 53.2. The molecule has 0 atom stereocenters. The Morgan fingerprint density at radius 1 is 0.704 bits per heavy atom. The molecule has 0 rings (SSSR count). The van der Waals surface area contributed by atoms with Crippen LogP contribution in [0.15, 0.2) is 0 Å². The van der Waals surface area contributed by atoms with Gasteiger partial charge in [0, 0.05) is 6.42 Å². The third-order valence-corrected chi connectivity index (χ3v) is 9.76. The first kappa shape index (κ1) is 26.8. The molecule has 0 bridgehead atoms. The maximum absolute atomic E-state index is 13.3. The van der Waals surface area contributed by atoms with E-state index in [9.17, 15) is 13.9 Å². The predicted octanol–water partition coefficient (Wildman–Crippen LogP) is 5.36. The maximum atomic E-state index is 13.3. The molecule has 0 aliphatic carbocycles. The van der Waals surface area contributed by atoms with Crippen LogP contribution in [0, 0.1) is 0 Å². The van der Waals surface area contributed by atoms with Crippen molar-refractivity contribution >= 4 is 21.2 Å². The molecule has 0 aliphatic heterocycles. The lowest BCUT2D eigenvalue weighted by Gasteiger charge is -2.31. The minimum atomic E-state index is -3.69. The van der Waals surface area contributed by atoms with Crippen LogP contribution in [0.5, 0.6) is 0 Å². The topological polar surface area (TPSA) is 97.4 Å². The Balaban J connectivity index is 5.20. The number of unbranched alkanes of at least 4 members (excludes halogenated alkanes) is 2. The molecule has 0 spiro atoms. The van der Waals surface area contributed by atoms with Gasteiger partial charge in [0.2, 0.25) is 0 Å². The smallest absolute Gasteiger partial charge is 0.345 e. The van der Waals surface area contributed by atoms with Gasteiger partial charge in [0.25, 0.3) is 0 Å². The first-order valence-electron chi connectivity index (χ1n) is 9.76. The van der Waals surface area contributed by atoms with Crippen LogP contribution in [0.1, 0.15) is 66.7 Å². The molecule has 0 aromatic carbocycles. The van der Waals surface area contributed by atoms with E-state index in [1.54, 1.807) is 34.6 Å². The molecule has 0 amide bonds. The second kappa shape index (κ2) is 14.7. The van der Waals surface area contributed by atoms with E-state index in [1.165, 1.54) is 0 Å². The molecule has 0 N–H and O–H groups in total. The van der Waals surface area contributed by atoms with E-state index in [0.29, 0.717) is 32.3 Å². The fourth-order valence-electron chi connectivity index (χ4n) is 2.63. The lowest BCUT2D eigenvalue weighted by Crippen LogP contribution is -2.18. The molecule has 10 heteroatoms. The van der Waals surface area contributed by atoms with Crippen molar-refractivity contribution in [3.8, 4) is 0 Å². The van der Waals surface area contributed by atoms with Gasteiger partial charge in [-0.1, -0.05) is 12.8 Å². The van der Waals surface area contributed by atoms with Crippen LogP contribution in [-0.2, 0) is 36.8 Å². The predicted molar refractivity (Wildman–Crippen MR) is 105 cm³/mol. The van der Waals surface area contributed by atoms with Crippen LogP contribution in [0.25, 0.3) is 0 Å². The average molecular weight is 430 g/mol. The number of rotatable bonds is 17. The van der Waals surface area contributed by atoms with Gasteiger partial charge in [0.05, 0.1) is 33.0 Å². The first-order valence-corrected chi connectivity index (χ1v) is 13.0. The van der Waals surface area contributed by atoms with Crippen molar-refractivity contribution in [3.63, 3.8) is 0 Å². The second-order valence-electron chi connectivity index (χ2n) is 5.64. The number of esters is 1. The molecule has 0 unspecified atom stereocenters. The Morgan fingerprint density at radius 2 is 1.15 bits per heavy atom. The first-order chi connectivity index (χ1) is 12.8. The molecule has 8 nitrogen and oxygen atoms in total. The highest BCUT2D eigenvalue weighted by atomic mass is 31.2. The lowest BCUT2D eigenvalue weighted by molar-refractivity contribution is -0.143. The zero-order valence-corrected chi connectivity index (χ0v) is 19.1. The number of hydrogen-bond donors (Lipinski definition) is 0. The van der Waals surface area contributed by atoms with Gasteiger partial charge in [-0.2, -0.15) is 0 Å². The third-order valence-electron chi connectivity index (χ3n) is 3.61. The van der Waals surface area contributed by atoms with Gasteiger partial charge in [0.1, 0.15) is 0 Å². The molecule has 0 aliphatic rings. The van der Waals surface area contributed by atoms with E-state index in [1.807, 2.05) is 0 Å². The summed E-state index contributed by atoms with van der Waals surface area (Å²) in [7, 11) is -7.39. The van der Waals surface area contributed by atoms with Crippen molar-refractivity contribution in [3.05, 3.63) is 0 Å². The molecule has 0 heterocycles. The highest BCUT2D eigenvalue weighted by Gasteiger charge is 2.50. The van der Waals surface area contributed by atoms with E-state index in [4.69, 9.17) is 22.8 Å². The summed E-state index contributed by atoms with van der Waals surface area (Å²) in [5.41, 5.74) is 0. The van der Waals surface area contributed by atoms with Crippen molar-refractivity contribution in [1.29, 1.82) is 0 Å². The number of ether oxygens (including phenoxy) is 1. The van der Waals surface area contributed by atoms with Crippen LogP contribution in [0.3, 0.4) is 0 Å². The van der Waals surface area contributed by atoms with E-state index in [-0.39, 0.29) is 38.8 Å². The summed E-state index contributed by atoms with van der Waals surface area (Å²) in [6.45, 7) is 9.58. The summed E-state index contributed by atoms with van der Waals surface area (Å²) >= 11 is 0. The highest BCUT2D eigenvalue weighted by molar-refractivity contribution is 7.72. The van der Waals surface area contributed by atoms with Crippen molar-refractivity contribution in [2.45, 2.75) is 72.1 Å². The third kappa shape index (κ3) is 9.69. The lowest BCUT2D eigenvalue weighted by atomic mass is 10.1. The minimum Gasteiger partial charge on any atom is -0.466 e. The summed E-state index contributed by atoms with van der Waals surface area (Å²) in [6, 6.07) is 0. The standard InChI is InChI=1S/C17H36O8P2/c1-6-21-16(18)14-12-11-13-15-17(26(19,22-7-2)23-8-3)27(20,24-9-4)25-10-5/h17H,6-15H2,1-5H3. The van der Waals surface area contributed by atoms with E-state index >= 15 is 0 Å². The molecule has 0 radical (unpaired) electrons. The summed E-state index contributed by atoms with van der Waals surface area (Å²) in [5, 5.41) is -0.993. The Morgan fingerprint density at radius 3 is 1.52 bits per heavy atom. The monoisotopic (exact) mass is 430 g/mol. The zero-order valence-electron chi connectivity index (χ0n) is 17.3. The van der Waals surface area contributed by atoms with Crippen molar-refractivity contribution in [2.24, 2.45) is 0 Å². The van der Waals surface area contributed by atoms with E-state index < -0.39 is 20.6 Å². The molecule has 27 heavy (non-hydrogen) atoms. The fourth-order valence-corrected chi connectivity index (χ4v) is 8.09. The largest absolute Gasteiger partial charge is 0.466 e. The minimum absolute atomic E-state index is 0.162. The fraction of sp³-hybridized carbons (Fsp3) is 0.941. The molecule has 0 saturated carbocycles. The van der Waals surface area contributed by atoms with Crippen LogP contribution in [-0.4, -0.2) is 44.4 Å². The van der Waals surface area contributed by atoms with Gasteiger partial charge in [-0.15, -0.1) is 0 Å². The molecular formula is C17H36O8P2. The van der Waals surface area contributed by atoms with Gasteiger partial charge in [-0.05, 0) is 47.5 Å². The molecular weight excluding hydrogens is 394 g/mol. The second-order valence-corrected chi connectivity index (χ2v) is 10.5. The Bertz CT molecular complexity index is 447. The summed E-state index contributed by atoms with van der Waals surface area (Å²) in [5.74, 6) is -0.238. The van der Waals surface area contributed by atoms with Crippen LogP contribution in [0.4, 0.5) is 0 Å². The average Bonchev–Trinajstić information content (AvgIpc) is 2.58. The van der Waals surface area contributed by atoms with Crippen LogP contribution in [0.2, 0.25) is 0 Å². The highest BCUT2D eigenvalue weighted by Crippen LogP contribution is 2.71. The number of hydrogen-bond acceptors (Lipinski definition) is 8.